The molecule has 0 radical (unpaired) electrons. The van der Waals surface area contributed by atoms with Crippen molar-refractivity contribution in [2.24, 2.45) is 0 Å². The predicted molar refractivity (Wildman–Crippen MR) is 29.5 cm³/mol. The fourth-order valence-electron chi connectivity index (χ4n) is 0.308. The van der Waals surface area contributed by atoms with Gasteiger partial charge in [0.1, 0.15) is 0 Å². The lowest BCUT2D eigenvalue weighted by atomic mass is 10.6. The second-order valence-corrected chi connectivity index (χ2v) is 2.11. The molecule has 3 nitrogen and oxygen atoms in total. The molecular weight excluding hydrogens is 127 g/mol. The first kappa shape index (κ1) is 5.45. The molecule has 1 heterocycles. The molecule has 0 fully saturated rings. The SMILES string of the molecule is O=[PH]1OC=CC=CO1. The summed E-state index contributed by atoms with van der Waals surface area (Å²) in [6, 6.07) is 0. The van der Waals surface area contributed by atoms with Crippen LogP contribution in [0.25, 0.3) is 0 Å². The quantitative estimate of drug-likeness (QED) is 0.468. The van der Waals surface area contributed by atoms with Gasteiger partial charge in [0.05, 0.1) is 12.5 Å². The van der Waals surface area contributed by atoms with Gasteiger partial charge in [-0.2, -0.15) is 0 Å². The summed E-state index contributed by atoms with van der Waals surface area (Å²) in [7, 11) is -2.25. The third-order valence-electron chi connectivity index (χ3n) is 0.597. The Morgan fingerprint density at radius 2 is 1.62 bits per heavy atom. The van der Waals surface area contributed by atoms with Crippen molar-refractivity contribution in [1.82, 2.24) is 0 Å². The van der Waals surface area contributed by atoms with Crippen LogP contribution in [0.5, 0.6) is 0 Å². The zero-order chi connectivity index (χ0) is 5.82. The van der Waals surface area contributed by atoms with Crippen LogP contribution in [-0.4, -0.2) is 0 Å². The number of allylic oxidation sites excluding steroid dienone is 2. The van der Waals surface area contributed by atoms with Gasteiger partial charge in [0.15, 0.2) is 0 Å². The van der Waals surface area contributed by atoms with Gasteiger partial charge in [-0.3, -0.25) is 0 Å². The maximum absolute atomic E-state index is 10.3. The van der Waals surface area contributed by atoms with Crippen LogP contribution < -0.4 is 0 Å². The van der Waals surface area contributed by atoms with Gasteiger partial charge < -0.3 is 9.05 Å². The summed E-state index contributed by atoms with van der Waals surface area (Å²) >= 11 is 0. The van der Waals surface area contributed by atoms with E-state index in [2.05, 4.69) is 9.05 Å². The summed E-state index contributed by atoms with van der Waals surface area (Å²) in [5.74, 6) is 0. The van der Waals surface area contributed by atoms with Gasteiger partial charge in [-0.05, 0) is 12.2 Å². The van der Waals surface area contributed by atoms with Crippen molar-refractivity contribution in [2.45, 2.75) is 0 Å². The van der Waals surface area contributed by atoms with Crippen LogP contribution in [0.1, 0.15) is 0 Å². The van der Waals surface area contributed by atoms with Gasteiger partial charge in [-0.25, -0.2) is 4.57 Å². The first-order chi connectivity index (χ1) is 3.89. The van der Waals surface area contributed by atoms with Crippen molar-refractivity contribution in [1.29, 1.82) is 0 Å². The number of hydrogen-bond acceptors (Lipinski definition) is 3. The Kier molecular flexibility index (Phi) is 1.75. The number of hydrogen-bond donors (Lipinski definition) is 0. The molecule has 0 aliphatic carbocycles. The monoisotopic (exact) mass is 132 g/mol. The van der Waals surface area contributed by atoms with E-state index in [0.29, 0.717) is 0 Å². The minimum absolute atomic E-state index is 1.34. The largest absolute Gasteiger partial charge is 0.426 e. The summed E-state index contributed by atoms with van der Waals surface area (Å²) in [4.78, 5) is 0. The molecule has 0 atom stereocenters. The Balaban J connectivity index is 2.58. The predicted octanol–water partition coefficient (Wildman–Crippen LogP) is 1.45. The summed E-state index contributed by atoms with van der Waals surface area (Å²) in [5, 5.41) is 0. The normalized spacial score (nSPS) is 19.0. The van der Waals surface area contributed by atoms with E-state index in [1.54, 1.807) is 12.2 Å². The van der Waals surface area contributed by atoms with Crippen molar-refractivity contribution in [3.05, 3.63) is 24.7 Å². The van der Waals surface area contributed by atoms with Crippen LogP contribution in [-0.2, 0) is 13.6 Å². The Morgan fingerprint density at radius 3 is 2.12 bits per heavy atom. The van der Waals surface area contributed by atoms with Gasteiger partial charge in [-0.15, -0.1) is 0 Å². The average Bonchev–Trinajstić information content (AvgIpc) is 1.94. The third-order valence-corrected chi connectivity index (χ3v) is 1.25. The molecule has 0 saturated carbocycles. The molecule has 44 valence electrons. The number of rotatable bonds is 0. The molecule has 0 bridgehead atoms. The highest BCUT2D eigenvalue weighted by Gasteiger charge is 1.92. The van der Waals surface area contributed by atoms with Gasteiger partial charge >= 0.3 is 8.25 Å². The smallest absolute Gasteiger partial charge is 0.417 e. The first-order valence-corrected chi connectivity index (χ1v) is 3.31. The third kappa shape index (κ3) is 1.43. The molecule has 1 aliphatic heterocycles. The molecule has 0 aromatic carbocycles. The van der Waals surface area contributed by atoms with E-state index < -0.39 is 8.25 Å². The van der Waals surface area contributed by atoms with Crippen molar-refractivity contribution < 1.29 is 13.6 Å². The van der Waals surface area contributed by atoms with Crippen LogP contribution in [0.3, 0.4) is 0 Å². The average molecular weight is 132 g/mol. The highest BCUT2D eigenvalue weighted by Crippen LogP contribution is 2.25. The van der Waals surface area contributed by atoms with E-state index >= 15 is 0 Å². The minimum Gasteiger partial charge on any atom is -0.426 e. The van der Waals surface area contributed by atoms with Crippen molar-refractivity contribution in [3.63, 3.8) is 0 Å². The molecule has 1 aliphatic rings. The molecule has 1 rings (SSSR count). The lowest BCUT2D eigenvalue weighted by Crippen LogP contribution is -1.62. The Hall–Kier alpha value is -0.690. The zero-order valence-corrected chi connectivity index (χ0v) is 5.03. The minimum atomic E-state index is -2.25. The summed E-state index contributed by atoms with van der Waals surface area (Å²) in [5.41, 5.74) is 0. The Morgan fingerprint density at radius 1 is 1.12 bits per heavy atom. The molecule has 0 amide bonds. The van der Waals surface area contributed by atoms with Crippen LogP contribution in [0.15, 0.2) is 24.7 Å². The second kappa shape index (κ2) is 2.58. The van der Waals surface area contributed by atoms with E-state index in [0.717, 1.165) is 0 Å². The topological polar surface area (TPSA) is 35.5 Å². The first-order valence-electron chi connectivity index (χ1n) is 2.08. The van der Waals surface area contributed by atoms with Crippen molar-refractivity contribution >= 4 is 8.25 Å². The van der Waals surface area contributed by atoms with Crippen molar-refractivity contribution in [3.8, 4) is 0 Å². The lowest BCUT2D eigenvalue weighted by Gasteiger charge is -1.93. The molecule has 0 spiro atoms. The maximum atomic E-state index is 10.3. The second-order valence-electron chi connectivity index (χ2n) is 1.14. The van der Waals surface area contributed by atoms with Crippen LogP contribution in [0, 0.1) is 0 Å². The zero-order valence-electron chi connectivity index (χ0n) is 4.03. The summed E-state index contributed by atoms with van der Waals surface area (Å²) < 4.78 is 19.3. The van der Waals surface area contributed by atoms with E-state index in [-0.39, 0.29) is 0 Å². The molecule has 0 aromatic heterocycles. The summed E-state index contributed by atoms with van der Waals surface area (Å²) in [6.45, 7) is 0. The van der Waals surface area contributed by atoms with Gasteiger partial charge in [0, 0.05) is 0 Å². The molecule has 0 saturated heterocycles. The molecule has 0 N–H and O–H groups in total. The van der Waals surface area contributed by atoms with Crippen molar-refractivity contribution in [2.75, 3.05) is 0 Å². The molecule has 0 unspecified atom stereocenters. The van der Waals surface area contributed by atoms with Gasteiger partial charge in [-0.1, -0.05) is 0 Å². The molecule has 0 aromatic rings. The maximum Gasteiger partial charge on any atom is 0.417 e. The fraction of sp³-hybridized carbons (Fsp3) is 0. The van der Waals surface area contributed by atoms with E-state index in [4.69, 9.17) is 0 Å². The molecular formula is C4H5O3P. The lowest BCUT2D eigenvalue weighted by molar-refractivity contribution is 0.360. The molecule has 8 heavy (non-hydrogen) atoms. The molecule has 4 heteroatoms. The van der Waals surface area contributed by atoms with Gasteiger partial charge in [0.2, 0.25) is 0 Å². The highest BCUT2D eigenvalue weighted by atomic mass is 31.1. The standard InChI is InChI=1S/C4H5O3P/c5-8-6-3-1-2-4-7-8/h1-4,8H. The van der Waals surface area contributed by atoms with E-state index in [1.807, 2.05) is 0 Å². The fourth-order valence-corrected chi connectivity index (χ4v) is 0.743. The Bertz CT molecular complexity index is 133. The van der Waals surface area contributed by atoms with Gasteiger partial charge in [0.25, 0.3) is 0 Å². The van der Waals surface area contributed by atoms with Crippen LogP contribution in [0.2, 0.25) is 0 Å². The Labute approximate surface area is 47.6 Å². The van der Waals surface area contributed by atoms with E-state index in [9.17, 15) is 4.57 Å². The van der Waals surface area contributed by atoms with E-state index in [1.165, 1.54) is 12.5 Å². The highest BCUT2D eigenvalue weighted by molar-refractivity contribution is 7.33. The summed E-state index contributed by atoms with van der Waals surface area (Å²) in [6.07, 6.45) is 5.89. The van der Waals surface area contributed by atoms with Crippen LogP contribution >= 0.6 is 8.25 Å². The van der Waals surface area contributed by atoms with Crippen LogP contribution in [0.4, 0.5) is 0 Å².